The topological polar surface area (TPSA) is 46.0 Å². The third-order valence-corrected chi connectivity index (χ3v) is 2.24. The SMILES string of the molecule is CCCc1[nH]n2nc(C)nc2c1C. The van der Waals surface area contributed by atoms with Crippen molar-refractivity contribution in [2.75, 3.05) is 0 Å². The highest BCUT2D eigenvalue weighted by Crippen LogP contribution is 2.13. The molecule has 4 heteroatoms. The van der Waals surface area contributed by atoms with E-state index in [1.807, 2.05) is 6.92 Å². The van der Waals surface area contributed by atoms with Gasteiger partial charge in [-0.2, -0.15) is 4.63 Å². The summed E-state index contributed by atoms with van der Waals surface area (Å²) < 4.78 is 1.76. The summed E-state index contributed by atoms with van der Waals surface area (Å²) in [7, 11) is 0. The molecule has 2 aromatic rings. The van der Waals surface area contributed by atoms with Gasteiger partial charge in [0.25, 0.3) is 0 Å². The summed E-state index contributed by atoms with van der Waals surface area (Å²) in [6.07, 6.45) is 2.21. The van der Waals surface area contributed by atoms with E-state index in [1.54, 1.807) is 4.63 Å². The van der Waals surface area contributed by atoms with Crippen LogP contribution in [0, 0.1) is 13.8 Å². The Morgan fingerprint density at radius 3 is 2.77 bits per heavy atom. The molecule has 70 valence electrons. The lowest BCUT2D eigenvalue weighted by molar-refractivity contribution is 0.761. The van der Waals surface area contributed by atoms with Crippen LogP contribution in [0.25, 0.3) is 5.65 Å². The minimum absolute atomic E-state index is 0.817. The van der Waals surface area contributed by atoms with Crippen LogP contribution in [-0.2, 0) is 6.42 Å². The van der Waals surface area contributed by atoms with Gasteiger partial charge in [0.15, 0.2) is 5.65 Å². The van der Waals surface area contributed by atoms with E-state index >= 15 is 0 Å². The van der Waals surface area contributed by atoms with E-state index < -0.39 is 0 Å². The lowest BCUT2D eigenvalue weighted by Gasteiger charge is -1.93. The normalized spacial score (nSPS) is 11.3. The van der Waals surface area contributed by atoms with Crippen molar-refractivity contribution in [2.45, 2.75) is 33.6 Å². The van der Waals surface area contributed by atoms with Crippen LogP contribution in [0.2, 0.25) is 0 Å². The first-order valence-corrected chi connectivity index (χ1v) is 4.63. The van der Waals surface area contributed by atoms with Crippen LogP contribution in [0.1, 0.15) is 30.4 Å². The number of aromatic nitrogens is 4. The maximum absolute atomic E-state index is 4.34. The summed E-state index contributed by atoms with van der Waals surface area (Å²) in [5, 5.41) is 7.46. The molecular weight excluding hydrogens is 164 g/mol. The number of hydrogen-bond donors (Lipinski definition) is 1. The third-order valence-electron chi connectivity index (χ3n) is 2.24. The quantitative estimate of drug-likeness (QED) is 0.759. The third kappa shape index (κ3) is 1.22. The van der Waals surface area contributed by atoms with E-state index in [1.165, 1.54) is 11.3 Å². The molecule has 4 nitrogen and oxygen atoms in total. The molecule has 0 bridgehead atoms. The number of nitrogens with zero attached hydrogens (tertiary/aromatic N) is 3. The summed E-state index contributed by atoms with van der Waals surface area (Å²) in [6, 6.07) is 0. The Morgan fingerprint density at radius 1 is 1.38 bits per heavy atom. The van der Waals surface area contributed by atoms with Crippen molar-refractivity contribution in [1.29, 1.82) is 0 Å². The molecule has 1 N–H and O–H groups in total. The molecule has 2 heterocycles. The van der Waals surface area contributed by atoms with Crippen LogP contribution >= 0.6 is 0 Å². The predicted molar refractivity (Wildman–Crippen MR) is 50.8 cm³/mol. The van der Waals surface area contributed by atoms with E-state index in [2.05, 4.69) is 29.0 Å². The van der Waals surface area contributed by atoms with Gasteiger partial charge in [-0.05, 0) is 20.3 Å². The molecule has 0 spiro atoms. The van der Waals surface area contributed by atoms with Crippen molar-refractivity contribution >= 4 is 5.65 Å². The molecule has 0 unspecified atom stereocenters. The van der Waals surface area contributed by atoms with Gasteiger partial charge in [-0.15, -0.1) is 5.10 Å². The zero-order chi connectivity index (χ0) is 9.42. The van der Waals surface area contributed by atoms with Crippen molar-refractivity contribution < 1.29 is 0 Å². The number of aromatic amines is 1. The standard InChI is InChI=1S/C9H14N4/c1-4-5-8-6(2)9-10-7(3)11-13(9)12-8/h12H,4-5H2,1-3H3. The number of rotatable bonds is 2. The number of fused-ring (bicyclic) bond motifs is 1. The molecule has 0 fully saturated rings. The molecule has 13 heavy (non-hydrogen) atoms. The second-order valence-corrected chi connectivity index (χ2v) is 3.36. The second-order valence-electron chi connectivity index (χ2n) is 3.36. The zero-order valence-corrected chi connectivity index (χ0v) is 8.26. The Labute approximate surface area is 77.0 Å². The van der Waals surface area contributed by atoms with Crippen molar-refractivity contribution in [3.63, 3.8) is 0 Å². The predicted octanol–water partition coefficient (Wildman–Crippen LogP) is 1.63. The molecular formula is C9H14N4. The van der Waals surface area contributed by atoms with Gasteiger partial charge in [0.1, 0.15) is 5.82 Å². The van der Waals surface area contributed by atoms with Gasteiger partial charge in [-0.1, -0.05) is 13.3 Å². The van der Waals surface area contributed by atoms with Crippen molar-refractivity contribution in [3.05, 3.63) is 17.1 Å². The van der Waals surface area contributed by atoms with E-state index in [4.69, 9.17) is 0 Å². The van der Waals surface area contributed by atoms with Gasteiger partial charge in [0.2, 0.25) is 0 Å². The Hall–Kier alpha value is -1.32. The molecule has 0 aliphatic rings. The molecule has 0 atom stereocenters. The van der Waals surface area contributed by atoms with E-state index in [9.17, 15) is 0 Å². The fourth-order valence-corrected chi connectivity index (χ4v) is 1.58. The first kappa shape index (κ1) is 8.29. The Balaban J connectivity index is 2.56. The molecule has 0 saturated carbocycles. The molecule has 0 aliphatic heterocycles. The Kier molecular flexibility index (Phi) is 1.83. The average molecular weight is 178 g/mol. The summed E-state index contributed by atoms with van der Waals surface area (Å²) >= 11 is 0. The van der Waals surface area contributed by atoms with Crippen LogP contribution in [-0.4, -0.2) is 19.8 Å². The molecule has 0 saturated heterocycles. The summed E-state index contributed by atoms with van der Waals surface area (Å²) in [6.45, 7) is 6.16. The maximum Gasteiger partial charge on any atom is 0.178 e. The Morgan fingerprint density at radius 2 is 2.15 bits per heavy atom. The van der Waals surface area contributed by atoms with Crippen molar-refractivity contribution in [2.24, 2.45) is 0 Å². The summed E-state index contributed by atoms with van der Waals surface area (Å²) in [5.74, 6) is 0.817. The van der Waals surface area contributed by atoms with Crippen LogP contribution in [0.15, 0.2) is 0 Å². The smallest absolute Gasteiger partial charge is 0.178 e. The van der Waals surface area contributed by atoms with Gasteiger partial charge in [0, 0.05) is 11.3 Å². The minimum Gasteiger partial charge on any atom is -0.280 e. The number of hydrogen-bond acceptors (Lipinski definition) is 2. The van der Waals surface area contributed by atoms with Gasteiger partial charge in [-0.25, -0.2) is 4.98 Å². The molecule has 2 rings (SSSR count). The minimum atomic E-state index is 0.817. The van der Waals surface area contributed by atoms with Gasteiger partial charge in [0.05, 0.1) is 0 Å². The molecule has 0 radical (unpaired) electrons. The maximum atomic E-state index is 4.34. The summed E-state index contributed by atoms with van der Waals surface area (Å²) in [5.41, 5.74) is 3.43. The Bertz CT molecular complexity index is 424. The lowest BCUT2D eigenvalue weighted by atomic mass is 10.2. The van der Waals surface area contributed by atoms with Gasteiger partial charge < -0.3 is 0 Å². The van der Waals surface area contributed by atoms with Crippen LogP contribution < -0.4 is 0 Å². The van der Waals surface area contributed by atoms with Crippen LogP contribution in [0.5, 0.6) is 0 Å². The zero-order valence-electron chi connectivity index (χ0n) is 8.26. The van der Waals surface area contributed by atoms with E-state index in [0.29, 0.717) is 0 Å². The first-order valence-electron chi connectivity index (χ1n) is 4.63. The monoisotopic (exact) mass is 178 g/mol. The van der Waals surface area contributed by atoms with E-state index in [-0.39, 0.29) is 0 Å². The van der Waals surface area contributed by atoms with Crippen LogP contribution in [0.3, 0.4) is 0 Å². The highest BCUT2D eigenvalue weighted by atomic mass is 15.5. The summed E-state index contributed by atoms with van der Waals surface area (Å²) in [4.78, 5) is 4.34. The van der Waals surface area contributed by atoms with Crippen molar-refractivity contribution in [1.82, 2.24) is 19.8 Å². The average Bonchev–Trinajstić information content (AvgIpc) is 2.54. The van der Waals surface area contributed by atoms with Crippen molar-refractivity contribution in [3.8, 4) is 0 Å². The fraction of sp³-hybridized carbons (Fsp3) is 0.556. The van der Waals surface area contributed by atoms with Gasteiger partial charge >= 0.3 is 0 Å². The highest BCUT2D eigenvalue weighted by molar-refractivity contribution is 5.48. The second kappa shape index (κ2) is 2.87. The lowest BCUT2D eigenvalue weighted by Crippen LogP contribution is -1.91. The molecule has 0 aliphatic carbocycles. The van der Waals surface area contributed by atoms with Crippen LogP contribution in [0.4, 0.5) is 0 Å². The largest absolute Gasteiger partial charge is 0.280 e. The molecule has 0 aromatic carbocycles. The first-order chi connectivity index (χ1) is 6.22. The number of H-pyrrole nitrogens is 1. The fourth-order valence-electron chi connectivity index (χ4n) is 1.58. The highest BCUT2D eigenvalue weighted by Gasteiger charge is 2.09. The molecule has 2 aromatic heterocycles. The van der Waals surface area contributed by atoms with Gasteiger partial charge in [-0.3, -0.25) is 5.10 Å². The molecule has 0 amide bonds. The van der Waals surface area contributed by atoms with E-state index in [0.717, 1.165) is 24.3 Å². The number of nitrogens with one attached hydrogen (secondary N) is 1. The number of aryl methyl sites for hydroxylation is 3.